The predicted molar refractivity (Wildman–Crippen MR) is 79.9 cm³/mol. The molecule has 2 aromatic carbocycles. The molecule has 0 unspecified atom stereocenters. The summed E-state index contributed by atoms with van der Waals surface area (Å²) < 4.78 is 3.42. The molecule has 1 nitrogen and oxygen atoms in total. The molecule has 18 heavy (non-hydrogen) atoms. The van der Waals surface area contributed by atoms with Crippen molar-refractivity contribution in [3.63, 3.8) is 0 Å². The van der Waals surface area contributed by atoms with Crippen molar-refractivity contribution in [1.82, 2.24) is 4.57 Å². The first-order valence-corrected chi connectivity index (χ1v) is 6.82. The Bertz CT molecular complexity index is 680. The molecule has 0 atom stereocenters. The summed E-state index contributed by atoms with van der Waals surface area (Å²) in [7, 11) is 0. The molecular formula is C16H14BrN. The number of nitrogens with zero attached hydrogens (tertiary/aromatic N) is 1. The Labute approximate surface area is 115 Å². The van der Waals surface area contributed by atoms with Crippen LogP contribution in [0.1, 0.15) is 11.1 Å². The number of aryl methyl sites for hydroxylation is 1. The van der Waals surface area contributed by atoms with Crippen molar-refractivity contribution in [2.75, 3.05) is 0 Å². The van der Waals surface area contributed by atoms with Crippen LogP contribution in [0.5, 0.6) is 0 Å². The molecule has 0 aliphatic rings. The number of fused-ring (bicyclic) bond motifs is 1. The SMILES string of the molecule is Cc1cccc2c1ccn2Cc1ccc(Br)cc1. The summed E-state index contributed by atoms with van der Waals surface area (Å²) in [5, 5.41) is 1.34. The minimum Gasteiger partial charge on any atom is -0.343 e. The molecule has 0 saturated carbocycles. The van der Waals surface area contributed by atoms with Crippen LogP contribution in [0.4, 0.5) is 0 Å². The van der Waals surface area contributed by atoms with Gasteiger partial charge in [0.15, 0.2) is 0 Å². The highest BCUT2D eigenvalue weighted by molar-refractivity contribution is 9.10. The molecule has 3 aromatic rings. The van der Waals surface area contributed by atoms with Crippen molar-refractivity contribution in [2.24, 2.45) is 0 Å². The van der Waals surface area contributed by atoms with Gasteiger partial charge in [-0.15, -0.1) is 0 Å². The molecule has 0 spiro atoms. The van der Waals surface area contributed by atoms with Crippen LogP contribution >= 0.6 is 15.9 Å². The van der Waals surface area contributed by atoms with E-state index in [1.54, 1.807) is 0 Å². The zero-order chi connectivity index (χ0) is 12.5. The van der Waals surface area contributed by atoms with Gasteiger partial charge in [0.1, 0.15) is 0 Å². The predicted octanol–water partition coefficient (Wildman–Crippen LogP) is 4.76. The third-order valence-corrected chi connectivity index (χ3v) is 3.83. The van der Waals surface area contributed by atoms with Gasteiger partial charge < -0.3 is 4.57 Å². The van der Waals surface area contributed by atoms with E-state index in [-0.39, 0.29) is 0 Å². The third kappa shape index (κ3) is 2.08. The second-order valence-corrected chi connectivity index (χ2v) is 5.49. The molecular weight excluding hydrogens is 286 g/mol. The Morgan fingerprint density at radius 2 is 1.78 bits per heavy atom. The van der Waals surface area contributed by atoms with Gasteiger partial charge in [-0.3, -0.25) is 0 Å². The van der Waals surface area contributed by atoms with Crippen LogP contribution < -0.4 is 0 Å². The highest BCUT2D eigenvalue weighted by Gasteiger charge is 2.03. The smallest absolute Gasteiger partial charge is 0.0486 e. The maximum atomic E-state index is 3.47. The first-order chi connectivity index (χ1) is 8.74. The molecule has 0 fully saturated rings. The Balaban J connectivity index is 2.00. The van der Waals surface area contributed by atoms with E-state index in [2.05, 4.69) is 82.1 Å². The number of aromatic nitrogens is 1. The summed E-state index contributed by atoms with van der Waals surface area (Å²) in [6, 6.07) is 17.2. The van der Waals surface area contributed by atoms with Crippen molar-refractivity contribution in [2.45, 2.75) is 13.5 Å². The topological polar surface area (TPSA) is 4.93 Å². The molecule has 0 bridgehead atoms. The molecule has 0 saturated heterocycles. The van der Waals surface area contributed by atoms with E-state index in [0.717, 1.165) is 11.0 Å². The second-order valence-electron chi connectivity index (χ2n) is 4.58. The van der Waals surface area contributed by atoms with Crippen molar-refractivity contribution in [3.8, 4) is 0 Å². The molecule has 0 radical (unpaired) electrons. The molecule has 90 valence electrons. The minimum atomic E-state index is 0.917. The first kappa shape index (κ1) is 11.5. The Morgan fingerprint density at radius 1 is 1.00 bits per heavy atom. The second kappa shape index (κ2) is 4.62. The van der Waals surface area contributed by atoms with Crippen LogP contribution in [0.2, 0.25) is 0 Å². The van der Waals surface area contributed by atoms with Gasteiger partial charge in [0.05, 0.1) is 0 Å². The highest BCUT2D eigenvalue weighted by Crippen LogP contribution is 2.21. The summed E-state index contributed by atoms with van der Waals surface area (Å²) in [5.41, 5.74) is 3.96. The average Bonchev–Trinajstić information content (AvgIpc) is 2.77. The third-order valence-electron chi connectivity index (χ3n) is 3.30. The maximum absolute atomic E-state index is 3.47. The molecule has 0 N–H and O–H groups in total. The van der Waals surface area contributed by atoms with Crippen molar-refractivity contribution in [1.29, 1.82) is 0 Å². The van der Waals surface area contributed by atoms with E-state index >= 15 is 0 Å². The number of hydrogen-bond donors (Lipinski definition) is 0. The van der Waals surface area contributed by atoms with E-state index < -0.39 is 0 Å². The van der Waals surface area contributed by atoms with E-state index in [4.69, 9.17) is 0 Å². The van der Waals surface area contributed by atoms with E-state index in [1.807, 2.05) is 0 Å². The molecule has 0 aliphatic carbocycles. The molecule has 1 heterocycles. The molecule has 1 aromatic heterocycles. The quantitative estimate of drug-likeness (QED) is 0.643. The standard InChI is InChI=1S/C16H14BrN/c1-12-3-2-4-16-15(12)9-10-18(16)11-13-5-7-14(17)8-6-13/h2-10H,11H2,1H3. The Kier molecular flexibility index (Phi) is 2.96. The van der Waals surface area contributed by atoms with Gasteiger partial charge in [0.25, 0.3) is 0 Å². The largest absolute Gasteiger partial charge is 0.343 e. The van der Waals surface area contributed by atoms with Crippen molar-refractivity contribution in [3.05, 3.63) is 70.3 Å². The van der Waals surface area contributed by atoms with Gasteiger partial charge >= 0.3 is 0 Å². The van der Waals surface area contributed by atoms with Gasteiger partial charge in [-0.1, -0.05) is 40.2 Å². The van der Waals surface area contributed by atoms with Crippen LogP contribution in [0.15, 0.2) is 59.2 Å². The van der Waals surface area contributed by atoms with Gasteiger partial charge in [0, 0.05) is 28.1 Å². The van der Waals surface area contributed by atoms with Crippen LogP contribution in [0.25, 0.3) is 10.9 Å². The summed E-state index contributed by atoms with van der Waals surface area (Å²) in [6.07, 6.45) is 2.17. The lowest BCUT2D eigenvalue weighted by atomic mass is 10.1. The van der Waals surface area contributed by atoms with Gasteiger partial charge in [0.2, 0.25) is 0 Å². The maximum Gasteiger partial charge on any atom is 0.0486 e. The van der Waals surface area contributed by atoms with E-state index in [9.17, 15) is 0 Å². The lowest BCUT2D eigenvalue weighted by Gasteiger charge is -2.06. The fourth-order valence-electron chi connectivity index (χ4n) is 2.30. The highest BCUT2D eigenvalue weighted by atomic mass is 79.9. The summed E-state index contributed by atoms with van der Waals surface area (Å²) in [6.45, 7) is 3.08. The number of rotatable bonds is 2. The Hall–Kier alpha value is -1.54. The van der Waals surface area contributed by atoms with Crippen molar-refractivity contribution < 1.29 is 0 Å². The van der Waals surface area contributed by atoms with Crippen LogP contribution in [0, 0.1) is 6.92 Å². The molecule has 2 heteroatoms. The summed E-state index contributed by atoms with van der Waals surface area (Å²) in [4.78, 5) is 0. The monoisotopic (exact) mass is 299 g/mol. The fourth-order valence-corrected chi connectivity index (χ4v) is 2.57. The van der Waals surface area contributed by atoms with Gasteiger partial charge in [-0.25, -0.2) is 0 Å². The molecule has 0 amide bonds. The Morgan fingerprint density at radius 3 is 2.56 bits per heavy atom. The molecule has 3 rings (SSSR count). The normalized spacial score (nSPS) is 11.0. The average molecular weight is 300 g/mol. The summed E-state index contributed by atoms with van der Waals surface area (Å²) in [5.74, 6) is 0. The van der Waals surface area contributed by atoms with Crippen LogP contribution in [-0.4, -0.2) is 4.57 Å². The zero-order valence-corrected chi connectivity index (χ0v) is 11.8. The zero-order valence-electron chi connectivity index (χ0n) is 10.2. The molecule has 0 aliphatic heterocycles. The van der Waals surface area contributed by atoms with E-state index in [1.165, 1.54) is 22.0 Å². The van der Waals surface area contributed by atoms with Crippen LogP contribution in [0.3, 0.4) is 0 Å². The summed E-state index contributed by atoms with van der Waals surface area (Å²) >= 11 is 3.47. The van der Waals surface area contributed by atoms with Crippen molar-refractivity contribution >= 4 is 26.8 Å². The number of hydrogen-bond acceptors (Lipinski definition) is 0. The number of benzene rings is 2. The van der Waals surface area contributed by atoms with Gasteiger partial charge in [-0.2, -0.15) is 0 Å². The first-order valence-electron chi connectivity index (χ1n) is 6.03. The lowest BCUT2D eigenvalue weighted by molar-refractivity contribution is 0.836. The van der Waals surface area contributed by atoms with Crippen LogP contribution in [-0.2, 0) is 6.54 Å². The number of halogens is 1. The fraction of sp³-hybridized carbons (Fsp3) is 0.125. The van der Waals surface area contributed by atoms with E-state index in [0.29, 0.717) is 0 Å². The minimum absolute atomic E-state index is 0.917. The van der Waals surface area contributed by atoms with Gasteiger partial charge in [-0.05, 0) is 42.3 Å². The lowest BCUT2D eigenvalue weighted by Crippen LogP contribution is -1.97.